The summed E-state index contributed by atoms with van der Waals surface area (Å²) in [6.07, 6.45) is 2.99. The Morgan fingerprint density at radius 1 is 1.23 bits per heavy atom. The van der Waals surface area contributed by atoms with Crippen molar-refractivity contribution in [1.82, 2.24) is 19.5 Å². The topological polar surface area (TPSA) is 69.0 Å². The van der Waals surface area contributed by atoms with Crippen molar-refractivity contribution in [2.45, 2.75) is 18.6 Å². The number of nitrogens with zero attached hydrogens (tertiary/aromatic N) is 4. The quantitative estimate of drug-likeness (QED) is 0.793. The van der Waals surface area contributed by atoms with Crippen LogP contribution < -0.4 is 0 Å². The number of halogens is 1. The van der Waals surface area contributed by atoms with E-state index >= 15 is 0 Å². The van der Waals surface area contributed by atoms with Gasteiger partial charge >= 0.3 is 0 Å². The summed E-state index contributed by atoms with van der Waals surface area (Å²) in [5, 5.41) is 4.45. The van der Waals surface area contributed by atoms with Gasteiger partial charge in [0.25, 0.3) is 5.91 Å². The first-order valence-corrected chi connectivity index (χ1v) is 7.62. The number of carbonyl (C=O) groups excluding carboxylic acids is 1. The summed E-state index contributed by atoms with van der Waals surface area (Å²) in [7, 11) is 0. The predicted octanol–water partition coefficient (Wildman–Crippen LogP) is 1.36. The number of likely N-dealkylation sites (tertiary alicyclic amines) is 1. The van der Waals surface area contributed by atoms with Crippen molar-refractivity contribution in [2.75, 3.05) is 26.3 Å². The molecule has 7 nitrogen and oxygen atoms in total. The summed E-state index contributed by atoms with van der Waals surface area (Å²) in [6.45, 7) is 2.46. The van der Waals surface area contributed by atoms with Gasteiger partial charge < -0.3 is 14.4 Å². The van der Waals surface area contributed by atoms with E-state index in [-0.39, 0.29) is 5.91 Å². The van der Waals surface area contributed by atoms with Crippen molar-refractivity contribution in [3.63, 3.8) is 0 Å². The molecule has 0 atom stereocenters. The van der Waals surface area contributed by atoms with Crippen molar-refractivity contribution in [2.24, 2.45) is 0 Å². The molecule has 2 aromatic rings. The normalized spacial score (nSPS) is 20.9. The molecule has 2 aliphatic rings. The smallest absolute Gasteiger partial charge is 0.274 e. The zero-order chi connectivity index (χ0) is 15.2. The first-order valence-electron chi connectivity index (χ1n) is 7.24. The van der Waals surface area contributed by atoms with Crippen molar-refractivity contribution in [3.05, 3.63) is 29.2 Å². The molecule has 1 amide bonds. The van der Waals surface area contributed by atoms with Crippen LogP contribution in [0, 0.1) is 0 Å². The summed E-state index contributed by atoms with van der Waals surface area (Å²) >= 11 is 5.84. The number of hydrogen-bond donors (Lipinski definition) is 0. The molecule has 4 rings (SSSR count). The molecule has 0 radical (unpaired) electrons. The Balaban J connectivity index is 1.51. The number of carbonyl (C=O) groups is 1. The van der Waals surface area contributed by atoms with Gasteiger partial charge in [0.05, 0.1) is 19.4 Å². The average molecular weight is 323 g/mol. The molecule has 2 saturated heterocycles. The zero-order valence-electron chi connectivity index (χ0n) is 11.9. The van der Waals surface area contributed by atoms with E-state index in [9.17, 15) is 4.79 Å². The fraction of sp³-hybridized carbons (Fsp3) is 0.500. The van der Waals surface area contributed by atoms with Gasteiger partial charge in [0.1, 0.15) is 10.8 Å². The Morgan fingerprint density at radius 3 is 2.68 bits per heavy atom. The maximum atomic E-state index is 12.6. The van der Waals surface area contributed by atoms with Crippen LogP contribution in [0.5, 0.6) is 0 Å². The third kappa shape index (κ3) is 2.35. The van der Waals surface area contributed by atoms with Crippen LogP contribution in [0.15, 0.2) is 18.3 Å². The molecule has 4 heterocycles. The Kier molecular flexibility index (Phi) is 3.28. The van der Waals surface area contributed by atoms with Crippen molar-refractivity contribution < 1.29 is 14.3 Å². The highest BCUT2D eigenvalue weighted by Crippen LogP contribution is 2.31. The van der Waals surface area contributed by atoms with Crippen LogP contribution in [0.4, 0.5) is 0 Å². The first-order chi connectivity index (χ1) is 10.7. The highest BCUT2D eigenvalue weighted by atomic mass is 35.5. The third-order valence-electron chi connectivity index (χ3n) is 4.13. The van der Waals surface area contributed by atoms with Gasteiger partial charge in [-0.05, 0) is 12.1 Å². The van der Waals surface area contributed by atoms with E-state index in [0.717, 1.165) is 0 Å². The van der Waals surface area contributed by atoms with Crippen molar-refractivity contribution in [1.29, 1.82) is 0 Å². The highest BCUT2D eigenvalue weighted by molar-refractivity contribution is 6.29. The SMILES string of the molecule is O=C(c1cn2nc(Cl)ccc2n1)N1CCC2(CC1)OCCO2. The molecule has 22 heavy (non-hydrogen) atoms. The Morgan fingerprint density at radius 2 is 1.95 bits per heavy atom. The van der Waals surface area contributed by atoms with Gasteiger partial charge in [-0.1, -0.05) is 11.6 Å². The predicted molar refractivity (Wildman–Crippen MR) is 77.8 cm³/mol. The second kappa shape index (κ2) is 5.19. The van der Waals surface area contributed by atoms with Gasteiger partial charge in [-0.25, -0.2) is 9.50 Å². The summed E-state index contributed by atoms with van der Waals surface area (Å²) in [5.74, 6) is -0.584. The number of fused-ring (bicyclic) bond motifs is 1. The summed E-state index contributed by atoms with van der Waals surface area (Å²) in [4.78, 5) is 18.6. The van der Waals surface area contributed by atoms with E-state index in [0.29, 0.717) is 55.6 Å². The molecule has 0 unspecified atom stereocenters. The fourth-order valence-electron chi connectivity index (χ4n) is 2.96. The van der Waals surface area contributed by atoms with Crippen LogP contribution in [0.25, 0.3) is 5.65 Å². The molecule has 116 valence electrons. The number of aromatic nitrogens is 3. The Hall–Kier alpha value is -1.70. The van der Waals surface area contributed by atoms with Gasteiger partial charge in [0.15, 0.2) is 11.4 Å². The lowest BCUT2D eigenvalue weighted by atomic mass is 10.0. The highest BCUT2D eigenvalue weighted by Gasteiger charge is 2.41. The monoisotopic (exact) mass is 322 g/mol. The average Bonchev–Trinajstić information content (AvgIpc) is 3.14. The number of amides is 1. The van der Waals surface area contributed by atoms with Crippen LogP contribution in [-0.4, -0.2) is 57.5 Å². The summed E-state index contributed by atoms with van der Waals surface area (Å²) < 4.78 is 12.9. The first kappa shape index (κ1) is 13.9. The molecule has 0 aromatic carbocycles. The summed E-state index contributed by atoms with van der Waals surface area (Å²) in [6, 6.07) is 3.38. The third-order valence-corrected chi connectivity index (χ3v) is 4.33. The second-order valence-corrected chi connectivity index (χ2v) is 5.87. The zero-order valence-corrected chi connectivity index (χ0v) is 12.6. The van der Waals surface area contributed by atoms with Gasteiger partial charge in [-0.15, -0.1) is 0 Å². The van der Waals surface area contributed by atoms with Gasteiger partial charge in [0, 0.05) is 25.9 Å². The molecule has 0 saturated carbocycles. The van der Waals surface area contributed by atoms with Crippen molar-refractivity contribution in [3.8, 4) is 0 Å². The molecular weight excluding hydrogens is 308 g/mol. The molecule has 2 aliphatic heterocycles. The molecule has 2 fully saturated rings. The van der Waals surface area contributed by atoms with E-state index < -0.39 is 5.79 Å². The molecule has 2 aromatic heterocycles. The number of imidazole rings is 1. The van der Waals surface area contributed by atoms with E-state index in [4.69, 9.17) is 21.1 Å². The molecule has 0 aliphatic carbocycles. The molecular formula is C14H15ClN4O3. The lowest BCUT2D eigenvalue weighted by Gasteiger charge is -2.37. The molecule has 0 bridgehead atoms. The van der Waals surface area contributed by atoms with Crippen LogP contribution in [0.3, 0.4) is 0 Å². The maximum Gasteiger partial charge on any atom is 0.274 e. The Labute approximate surface area is 131 Å². The van der Waals surface area contributed by atoms with E-state index in [1.165, 1.54) is 4.52 Å². The number of ether oxygens (including phenoxy) is 2. The second-order valence-electron chi connectivity index (χ2n) is 5.48. The number of rotatable bonds is 1. The number of hydrogen-bond acceptors (Lipinski definition) is 5. The standard InChI is InChI=1S/C14H15ClN4O3/c15-11-1-2-12-16-10(9-19(12)17-11)13(20)18-5-3-14(4-6-18)21-7-8-22-14/h1-2,9H,3-8H2. The lowest BCUT2D eigenvalue weighted by Crippen LogP contribution is -2.47. The van der Waals surface area contributed by atoms with E-state index in [2.05, 4.69) is 10.1 Å². The lowest BCUT2D eigenvalue weighted by molar-refractivity contribution is -0.181. The molecule has 8 heteroatoms. The molecule has 0 N–H and O–H groups in total. The minimum atomic E-state index is -0.481. The van der Waals surface area contributed by atoms with Gasteiger partial charge in [-0.3, -0.25) is 4.79 Å². The Bertz CT molecular complexity index is 716. The maximum absolute atomic E-state index is 12.6. The van der Waals surface area contributed by atoms with Gasteiger partial charge in [-0.2, -0.15) is 5.10 Å². The van der Waals surface area contributed by atoms with E-state index in [1.807, 2.05) is 0 Å². The minimum Gasteiger partial charge on any atom is -0.347 e. The van der Waals surface area contributed by atoms with Gasteiger partial charge in [0.2, 0.25) is 0 Å². The van der Waals surface area contributed by atoms with Crippen LogP contribution in [0.2, 0.25) is 5.15 Å². The fourth-order valence-corrected chi connectivity index (χ4v) is 3.10. The van der Waals surface area contributed by atoms with E-state index in [1.54, 1.807) is 23.2 Å². The molecule has 1 spiro atoms. The summed E-state index contributed by atoms with van der Waals surface area (Å²) in [5.41, 5.74) is 0.975. The largest absolute Gasteiger partial charge is 0.347 e. The minimum absolute atomic E-state index is 0.102. The number of piperidine rings is 1. The van der Waals surface area contributed by atoms with Crippen LogP contribution >= 0.6 is 11.6 Å². The van der Waals surface area contributed by atoms with Crippen LogP contribution in [-0.2, 0) is 9.47 Å². The van der Waals surface area contributed by atoms with Crippen molar-refractivity contribution >= 4 is 23.2 Å². The van der Waals surface area contributed by atoms with Crippen LogP contribution in [0.1, 0.15) is 23.3 Å².